The molecule has 0 aliphatic carbocycles. The van der Waals surface area contributed by atoms with Gasteiger partial charge in [0.2, 0.25) is 0 Å². The summed E-state index contributed by atoms with van der Waals surface area (Å²) in [4.78, 5) is 14.6. The Morgan fingerprint density at radius 1 is 1.19 bits per heavy atom. The van der Waals surface area contributed by atoms with Crippen molar-refractivity contribution in [2.75, 3.05) is 26.5 Å². The van der Waals surface area contributed by atoms with Crippen LogP contribution in [0.15, 0.2) is 48.9 Å². The van der Waals surface area contributed by atoms with Crippen molar-refractivity contribution in [1.82, 2.24) is 24.5 Å². The molecule has 0 spiro atoms. The third kappa shape index (κ3) is 4.95. The zero-order chi connectivity index (χ0) is 19.2. The van der Waals surface area contributed by atoms with Gasteiger partial charge in [0.25, 0.3) is 5.91 Å². The number of carbonyl (C=O) groups is 1. The average molecular weight is 368 g/mol. The number of nitrogens with one attached hydrogen (secondary N) is 1. The second-order valence-electron chi connectivity index (χ2n) is 6.46. The van der Waals surface area contributed by atoms with Gasteiger partial charge >= 0.3 is 0 Å². The molecule has 0 saturated heterocycles. The maximum atomic E-state index is 12.5. The van der Waals surface area contributed by atoms with Gasteiger partial charge in [-0.2, -0.15) is 10.2 Å². The van der Waals surface area contributed by atoms with Crippen molar-refractivity contribution in [3.05, 3.63) is 60.2 Å². The van der Waals surface area contributed by atoms with E-state index in [1.54, 1.807) is 30.3 Å². The summed E-state index contributed by atoms with van der Waals surface area (Å²) in [6.07, 6.45) is 5.42. The quantitative estimate of drug-likeness (QED) is 0.659. The Labute approximate surface area is 158 Å². The number of nitrogens with zero attached hydrogens (tertiary/aromatic N) is 5. The van der Waals surface area contributed by atoms with E-state index in [0.29, 0.717) is 30.2 Å². The summed E-state index contributed by atoms with van der Waals surface area (Å²) in [5.41, 5.74) is 2.09. The Balaban J connectivity index is 1.64. The van der Waals surface area contributed by atoms with Crippen molar-refractivity contribution in [3.63, 3.8) is 0 Å². The number of rotatable bonds is 8. The van der Waals surface area contributed by atoms with Crippen molar-refractivity contribution in [3.8, 4) is 5.75 Å². The number of carbonyl (C=O) groups excluding carboxylic acids is 1. The van der Waals surface area contributed by atoms with Crippen LogP contribution in [-0.4, -0.2) is 51.6 Å². The smallest absolute Gasteiger partial charge is 0.276 e. The monoisotopic (exact) mass is 368 g/mol. The van der Waals surface area contributed by atoms with E-state index in [1.165, 1.54) is 0 Å². The molecular weight excluding hydrogens is 344 g/mol. The van der Waals surface area contributed by atoms with Gasteiger partial charge in [-0.05, 0) is 43.9 Å². The number of amides is 1. The first-order valence-electron chi connectivity index (χ1n) is 8.69. The van der Waals surface area contributed by atoms with E-state index in [2.05, 4.69) is 20.4 Å². The first-order chi connectivity index (χ1) is 13.0. The molecule has 0 radical (unpaired) electrons. The minimum absolute atomic E-state index is 0.272. The number of aryl methyl sites for hydroxylation is 2. The Morgan fingerprint density at radius 3 is 2.70 bits per heavy atom. The number of hydrogen-bond acceptors (Lipinski definition) is 5. The maximum Gasteiger partial charge on any atom is 0.276 e. The Kier molecular flexibility index (Phi) is 5.87. The zero-order valence-electron chi connectivity index (χ0n) is 15.8. The molecule has 1 N–H and O–H groups in total. The Bertz CT molecular complexity index is 886. The van der Waals surface area contributed by atoms with E-state index in [4.69, 9.17) is 4.74 Å². The van der Waals surface area contributed by atoms with E-state index in [-0.39, 0.29) is 5.91 Å². The van der Waals surface area contributed by atoms with E-state index >= 15 is 0 Å². The van der Waals surface area contributed by atoms with Gasteiger partial charge in [0.15, 0.2) is 5.69 Å². The van der Waals surface area contributed by atoms with Crippen molar-refractivity contribution in [2.45, 2.75) is 19.6 Å². The van der Waals surface area contributed by atoms with Crippen LogP contribution in [0, 0.1) is 0 Å². The number of methoxy groups -OCH3 is 1. The Hall–Kier alpha value is -3.13. The lowest BCUT2D eigenvalue weighted by Crippen LogP contribution is -2.15. The van der Waals surface area contributed by atoms with Crippen LogP contribution in [-0.2, 0) is 19.6 Å². The minimum Gasteiger partial charge on any atom is -0.495 e. The minimum atomic E-state index is -0.272. The van der Waals surface area contributed by atoms with E-state index in [1.807, 2.05) is 49.2 Å². The second kappa shape index (κ2) is 8.50. The molecule has 3 rings (SSSR count). The van der Waals surface area contributed by atoms with E-state index in [9.17, 15) is 4.79 Å². The van der Waals surface area contributed by atoms with E-state index in [0.717, 1.165) is 12.1 Å². The average Bonchev–Trinajstić information content (AvgIpc) is 3.32. The highest BCUT2D eigenvalue weighted by atomic mass is 16.5. The second-order valence-corrected chi connectivity index (χ2v) is 6.46. The van der Waals surface area contributed by atoms with Crippen molar-refractivity contribution in [1.29, 1.82) is 0 Å². The molecular formula is C19H24N6O2. The number of anilines is 1. The molecule has 8 nitrogen and oxygen atoms in total. The number of ether oxygens (including phenoxy) is 1. The predicted molar refractivity (Wildman–Crippen MR) is 103 cm³/mol. The SMILES string of the molecule is COc1cc(CN(C)C)ccc1NC(=O)c1ccn(CCn2cccn2)n1. The molecule has 0 saturated carbocycles. The zero-order valence-corrected chi connectivity index (χ0v) is 15.8. The van der Waals surface area contributed by atoms with Gasteiger partial charge in [-0.15, -0.1) is 0 Å². The highest BCUT2D eigenvalue weighted by Crippen LogP contribution is 2.26. The van der Waals surface area contributed by atoms with Gasteiger partial charge in [-0.1, -0.05) is 6.07 Å². The molecule has 2 heterocycles. The molecule has 0 fully saturated rings. The van der Waals surface area contributed by atoms with Gasteiger partial charge in [0.05, 0.1) is 25.9 Å². The highest BCUT2D eigenvalue weighted by Gasteiger charge is 2.13. The van der Waals surface area contributed by atoms with Crippen LogP contribution in [0.2, 0.25) is 0 Å². The molecule has 0 bridgehead atoms. The summed E-state index contributed by atoms with van der Waals surface area (Å²) >= 11 is 0. The third-order valence-corrected chi connectivity index (χ3v) is 4.00. The lowest BCUT2D eigenvalue weighted by Gasteiger charge is -2.14. The van der Waals surface area contributed by atoms with Crippen LogP contribution >= 0.6 is 0 Å². The molecule has 27 heavy (non-hydrogen) atoms. The summed E-state index contributed by atoms with van der Waals surface area (Å²) < 4.78 is 8.97. The number of benzene rings is 1. The number of hydrogen-bond donors (Lipinski definition) is 1. The van der Waals surface area contributed by atoms with Crippen molar-refractivity contribution in [2.24, 2.45) is 0 Å². The van der Waals surface area contributed by atoms with E-state index < -0.39 is 0 Å². The molecule has 0 aliphatic heterocycles. The molecule has 0 atom stereocenters. The summed E-state index contributed by atoms with van der Waals surface area (Å²) in [5.74, 6) is 0.354. The molecule has 142 valence electrons. The largest absolute Gasteiger partial charge is 0.495 e. The lowest BCUT2D eigenvalue weighted by molar-refractivity contribution is 0.102. The molecule has 0 unspecified atom stereocenters. The van der Waals surface area contributed by atoms with Gasteiger partial charge in [0, 0.05) is 25.1 Å². The molecule has 3 aromatic rings. The highest BCUT2D eigenvalue weighted by molar-refractivity contribution is 6.03. The van der Waals surface area contributed by atoms with Crippen LogP contribution in [0.5, 0.6) is 5.75 Å². The normalized spacial score (nSPS) is 11.0. The third-order valence-electron chi connectivity index (χ3n) is 4.00. The first-order valence-corrected chi connectivity index (χ1v) is 8.69. The summed E-state index contributed by atoms with van der Waals surface area (Å²) in [6.45, 7) is 2.12. The molecule has 1 amide bonds. The molecule has 2 aromatic heterocycles. The maximum absolute atomic E-state index is 12.5. The topological polar surface area (TPSA) is 77.2 Å². The fourth-order valence-corrected chi connectivity index (χ4v) is 2.73. The van der Waals surface area contributed by atoms with Crippen LogP contribution in [0.1, 0.15) is 16.1 Å². The van der Waals surface area contributed by atoms with Gasteiger partial charge < -0.3 is 15.0 Å². The molecule has 0 aliphatic rings. The molecule has 8 heteroatoms. The predicted octanol–water partition coefficient (Wildman–Crippen LogP) is 2.10. The van der Waals surface area contributed by atoms with Crippen molar-refractivity contribution < 1.29 is 9.53 Å². The first kappa shape index (κ1) is 18.7. The Morgan fingerprint density at radius 2 is 2.00 bits per heavy atom. The van der Waals surface area contributed by atoms with Crippen LogP contribution < -0.4 is 10.1 Å². The van der Waals surface area contributed by atoms with Gasteiger partial charge in [-0.25, -0.2) is 0 Å². The van der Waals surface area contributed by atoms with Crippen LogP contribution in [0.3, 0.4) is 0 Å². The number of aromatic nitrogens is 4. The van der Waals surface area contributed by atoms with Crippen LogP contribution in [0.4, 0.5) is 5.69 Å². The standard InChI is InChI=1S/C19H24N6O2/c1-23(2)14-15-5-6-16(18(13-15)27-3)21-19(26)17-7-10-25(22-17)12-11-24-9-4-8-20-24/h4-10,13H,11-12,14H2,1-3H3,(H,21,26). The summed E-state index contributed by atoms with van der Waals surface area (Å²) in [5, 5.41) is 11.4. The van der Waals surface area contributed by atoms with Crippen molar-refractivity contribution >= 4 is 11.6 Å². The summed E-state index contributed by atoms with van der Waals surface area (Å²) in [7, 11) is 5.60. The fourth-order valence-electron chi connectivity index (χ4n) is 2.73. The lowest BCUT2D eigenvalue weighted by atomic mass is 10.1. The van der Waals surface area contributed by atoms with Gasteiger partial charge in [-0.3, -0.25) is 14.2 Å². The van der Waals surface area contributed by atoms with Crippen LogP contribution in [0.25, 0.3) is 0 Å². The fraction of sp³-hybridized carbons (Fsp3) is 0.316. The molecule has 1 aromatic carbocycles. The van der Waals surface area contributed by atoms with Gasteiger partial charge in [0.1, 0.15) is 5.75 Å². The summed E-state index contributed by atoms with van der Waals surface area (Å²) in [6, 6.07) is 9.33.